The van der Waals surface area contributed by atoms with Crippen molar-refractivity contribution in [1.82, 2.24) is 14.8 Å². The lowest BCUT2D eigenvalue weighted by atomic mass is 10.1. The molecule has 8 nitrogen and oxygen atoms in total. The zero-order chi connectivity index (χ0) is 20.1. The van der Waals surface area contributed by atoms with Crippen LogP contribution in [0.2, 0.25) is 0 Å². The normalized spacial score (nSPS) is 10.9. The molecule has 2 heterocycles. The van der Waals surface area contributed by atoms with E-state index in [2.05, 4.69) is 20.6 Å². The van der Waals surface area contributed by atoms with Crippen molar-refractivity contribution in [3.63, 3.8) is 0 Å². The molecule has 8 heteroatoms. The van der Waals surface area contributed by atoms with E-state index in [-0.39, 0.29) is 5.69 Å². The quantitative estimate of drug-likeness (QED) is 0.304. The molecular formula is C21H16N6O2. The van der Waals surface area contributed by atoms with E-state index in [9.17, 15) is 10.1 Å². The van der Waals surface area contributed by atoms with Crippen molar-refractivity contribution in [2.24, 2.45) is 5.10 Å². The highest BCUT2D eigenvalue weighted by Gasteiger charge is 2.13. The van der Waals surface area contributed by atoms with Crippen molar-refractivity contribution in [3.8, 4) is 16.9 Å². The molecule has 0 bridgehead atoms. The minimum absolute atomic E-state index is 0.0443. The molecule has 142 valence electrons. The summed E-state index contributed by atoms with van der Waals surface area (Å²) in [5.41, 5.74) is 6.21. The predicted octanol–water partition coefficient (Wildman–Crippen LogP) is 4.29. The molecule has 0 spiro atoms. The Kier molecular flexibility index (Phi) is 5.06. The first-order chi connectivity index (χ1) is 14.2. The molecule has 0 fully saturated rings. The summed E-state index contributed by atoms with van der Waals surface area (Å²) >= 11 is 0. The average Bonchev–Trinajstić information content (AvgIpc) is 3.19. The van der Waals surface area contributed by atoms with Crippen LogP contribution in [0.3, 0.4) is 0 Å². The molecule has 0 amide bonds. The number of pyridine rings is 1. The SMILES string of the molecule is O=[N+]([O-])c1ccccc1N/N=C\c1cn(-c2ccccc2)nc1-c1cccnc1. The molecule has 2 aromatic heterocycles. The molecule has 2 aromatic carbocycles. The number of nitrogens with one attached hydrogen (secondary N) is 1. The highest BCUT2D eigenvalue weighted by Crippen LogP contribution is 2.24. The van der Waals surface area contributed by atoms with Crippen LogP contribution in [-0.4, -0.2) is 25.9 Å². The Morgan fingerprint density at radius 1 is 1.03 bits per heavy atom. The molecule has 4 aromatic rings. The van der Waals surface area contributed by atoms with Crippen LogP contribution in [-0.2, 0) is 0 Å². The summed E-state index contributed by atoms with van der Waals surface area (Å²) in [6.45, 7) is 0. The van der Waals surface area contributed by atoms with E-state index in [0.717, 1.165) is 16.8 Å². The molecule has 1 N–H and O–H groups in total. The number of nitrogens with zero attached hydrogens (tertiary/aromatic N) is 5. The van der Waals surface area contributed by atoms with Crippen LogP contribution in [0.5, 0.6) is 0 Å². The molecule has 4 rings (SSSR count). The van der Waals surface area contributed by atoms with E-state index >= 15 is 0 Å². The summed E-state index contributed by atoms with van der Waals surface area (Å²) in [5, 5.41) is 20.0. The van der Waals surface area contributed by atoms with Crippen LogP contribution in [0.25, 0.3) is 16.9 Å². The zero-order valence-corrected chi connectivity index (χ0v) is 15.2. The summed E-state index contributed by atoms with van der Waals surface area (Å²) in [5.74, 6) is 0. The Hall–Kier alpha value is -4.33. The average molecular weight is 384 g/mol. The monoisotopic (exact) mass is 384 g/mol. The van der Waals surface area contributed by atoms with Gasteiger partial charge in [0.05, 0.1) is 16.8 Å². The first kappa shape index (κ1) is 18.1. The van der Waals surface area contributed by atoms with Crippen molar-refractivity contribution in [2.75, 3.05) is 5.43 Å². The predicted molar refractivity (Wildman–Crippen MR) is 111 cm³/mol. The van der Waals surface area contributed by atoms with Gasteiger partial charge in [-0.25, -0.2) is 4.68 Å². The van der Waals surface area contributed by atoms with E-state index in [1.54, 1.807) is 41.5 Å². The van der Waals surface area contributed by atoms with Crippen LogP contribution in [0.15, 0.2) is 90.4 Å². The van der Waals surface area contributed by atoms with Gasteiger partial charge in [-0.15, -0.1) is 0 Å². The van der Waals surface area contributed by atoms with Crippen molar-refractivity contribution in [1.29, 1.82) is 0 Å². The molecule has 0 atom stereocenters. The second kappa shape index (κ2) is 8.13. The molecule has 0 aliphatic carbocycles. The Morgan fingerprint density at radius 2 is 1.83 bits per heavy atom. The van der Waals surface area contributed by atoms with E-state index in [1.807, 2.05) is 48.7 Å². The molecule has 29 heavy (non-hydrogen) atoms. The number of nitro groups is 1. The third-order valence-corrected chi connectivity index (χ3v) is 4.19. The first-order valence-electron chi connectivity index (χ1n) is 8.80. The third-order valence-electron chi connectivity index (χ3n) is 4.19. The minimum Gasteiger partial charge on any atom is -0.272 e. The zero-order valence-electron chi connectivity index (χ0n) is 15.2. The number of benzene rings is 2. The molecule has 0 radical (unpaired) electrons. The second-order valence-electron chi connectivity index (χ2n) is 6.10. The van der Waals surface area contributed by atoms with Gasteiger partial charge in [-0.2, -0.15) is 10.2 Å². The van der Waals surface area contributed by atoms with E-state index in [4.69, 9.17) is 0 Å². The number of rotatable bonds is 6. The van der Waals surface area contributed by atoms with E-state index < -0.39 is 4.92 Å². The molecule has 0 aliphatic heterocycles. The summed E-state index contributed by atoms with van der Waals surface area (Å²) in [6, 6.07) is 19.8. The number of anilines is 1. The number of hydrogen-bond acceptors (Lipinski definition) is 6. The van der Waals surface area contributed by atoms with Gasteiger partial charge in [0, 0.05) is 35.8 Å². The maximum absolute atomic E-state index is 11.1. The van der Waals surface area contributed by atoms with Crippen molar-refractivity contribution in [3.05, 3.63) is 101 Å². The summed E-state index contributed by atoms with van der Waals surface area (Å²) in [7, 11) is 0. The molecule has 0 aliphatic rings. The van der Waals surface area contributed by atoms with E-state index in [1.165, 1.54) is 6.07 Å². The Bertz CT molecular complexity index is 1160. The van der Waals surface area contributed by atoms with Gasteiger partial charge in [-0.3, -0.25) is 20.5 Å². The van der Waals surface area contributed by atoms with Crippen LogP contribution in [0.4, 0.5) is 11.4 Å². The second-order valence-corrected chi connectivity index (χ2v) is 6.10. The van der Waals surface area contributed by atoms with Gasteiger partial charge in [0.15, 0.2) is 0 Å². The summed E-state index contributed by atoms with van der Waals surface area (Å²) in [6.07, 6.45) is 6.86. The standard InChI is InChI=1S/C21H16N6O2/c28-27(29)20-11-5-4-10-19(20)24-23-14-17-15-26(18-8-2-1-3-9-18)25-21(17)16-7-6-12-22-13-16/h1-15,24H/b23-14-. The van der Waals surface area contributed by atoms with Gasteiger partial charge in [-0.1, -0.05) is 30.3 Å². The van der Waals surface area contributed by atoms with Gasteiger partial charge in [0.1, 0.15) is 11.4 Å². The Morgan fingerprint density at radius 3 is 2.59 bits per heavy atom. The lowest BCUT2D eigenvalue weighted by molar-refractivity contribution is -0.384. The highest BCUT2D eigenvalue weighted by molar-refractivity contribution is 5.89. The maximum Gasteiger partial charge on any atom is 0.294 e. The molecule has 0 saturated heterocycles. The largest absolute Gasteiger partial charge is 0.294 e. The van der Waals surface area contributed by atoms with Gasteiger partial charge >= 0.3 is 0 Å². The number of hydrazone groups is 1. The number of nitro benzene ring substituents is 1. The third kappa shape index (κ3) is 4.01. The molecule has 0 unspecified atom stereocenters. The summed E-state index contributed by atoms with van der Waals surface area (Å²) < 4.78 is 1.76. The van der Waals surface area contributed by atoms with Gasteiger partial charge < -0.3 is 0 Å². The molecular weight excluding hydrogens is 368 g/mol. The Balaban J connectivity index is 1.68. The molecule has 0 saturated carbocycles. The first-order valence-corrected chi connectivity index (χ1v) is 8.80. The van der Waals surface area contributed by atoms with Crippen LogP contribution in [0.1, 0.15) is 5.56 Å². The van der Waals surface area contributed by atoms with Crippen molar-refractivity contribution in [2.45, 2.75) is 0 Å². The lowest BCUT2D eigenvalue weighted by Crippen LogP contribution is -1.96. The Labute approximate surface area is 166 Å². The van der Waals surface area contributed by atoms with Crippen LogP contribution < -0.4 is 5.43 Å². The van der Waals surface area contributed by atoms with Crippen LogP contribution >= 0.6 is 0 Å². The van der Waals surface area contributed by atoms with Gasteiger partial charge in [0.25, 0.3) is 5.69 Å². The number of hydrogen-bond donors (Lipinski definition) is 1. The fraction of sp³-hybridized carbons (Fsp3) is 0. The van der Waals surface area contributed by atoms with Crippen molar-refractivity contribution < 1.29 is 4.92 Å². The van der Waals surface area contributed by atoms with E-state index in [0.29, 0.717) is 11.4 Å². The lowest BCUT2D eigenvalue weighted by Gasteiger charge is -2.01. The van der Waals surface area contributed by atoms with Gasteiger partial charge in [0.2, 0.25) is 0 Å². The smallest absolute Gasteiger partial charge is 0.272 e. The summed E-state index contributed by atoms with van der Waals surface area (Å²) in [4.78, 5) is 14.9. The number of para-hydroxylation sites is 3. The highest BCUT2D eigenvalue weighted by atomic mass is 16.6. The number of aromatic nitrogens is 3. The van der Waals surface area contributed by atoms with Gasteiger partial charge in [-0.05, 0) is 30.3 Å². The van der Waals surface area contributed by atoms with Crippen LogP contribution in [0, 0.1) is 10.1 Å². The topological polar surface area (TPSA) is 98.2 Å². The fourth-order valence-corrected chi connectivity index (χ4v) is 2.82. The maximum atomic E-state index is 11.1. The van der Waals surface area contributed by atoms with Crippen molar-refractivity contribution >= 4 is 17.6 Å². The fourth-order valence-electron chi connectivity index (χ4n) is 2.82. The minimum atomic E-state index is -0.452.